The van der Waals surface area contributed by atoms with Crippen molar-refractivity contribution in [3.8, 4) is 0 Å². The zero-order chi connectivity index (χ0) is 19.0. The Morgan fingerprint density at radius 1 is 1.15 bits per heavy atom. The fraction of sp³-hybridized carbons (Fsp3) is 0.143. The first-order valence-corrected chi connectivity index (χ1v) is 8.65. The number of nitro benzene ring substituents is 1. The summed E-state index contributed by atoms with van der Waals surface area (Å²) in [6.07, 6.45) is 4.09. The highest BCUT2D eigenvalue weighted by Gasteiger charge is 2.24. The molecule has 134 valence electrons. The zero-order valence-corrected chi connectivity index (χ0v) is 14.4. The van der Waals surface area contributed by atoms with Gasteiger partial charge in [-0.2, -0.15) is 0 Å². The summed E-state index contributed by atoms with van der Waals surface area (Å²) in [5.41, 5.74) is 4.01. The molecule has 0 fully saturated rings. The minimum Gasteiger partial charge on any atom is -0.478 e. The number of para-hydroxylation sites is 1. The number of hydrogen-bond acceptors (Lipinski definition) is 4. The van der Waals surface area contributed by atoms with Crippen LogP contribution in [0.2, 0.25) is 0 Å². The number of carbonyl (C=O) groups is 1. The first kappa shape index (κ1) is 16.9. The molecule has 0 unspecified atom stereocenters. The molecule has 6 heteroatoms. The molecule has 1 aliphatic carbocycles. The monoisotopic (exact) mass is 360 g/mol. The molecular weight excluding hydrogens is 344 g/mol. The molecule has 4 rings (SSSR count). The van der Waals surface area contributed by atoms with E-state index in [1.807, 2.05) is 24.3 Å². The van der Waals surface area contributed by atoms with Gasteiger partial charge >= 0.3 is 5.97 Å². The molecule has 1 aliphatic rings. The molecule has 0 saturated heterocycles. The maximum atomic E-state index is 11.9. The van der Waals surface area contributed by atoms with Gasteiger partial charge in [-0.25, -0.2) is 9.78 Å². The quantitative estimate of drug-likeness (QED) is 0.539. The number of allylic oxidation sites excluding steroid dienone is 1. The van der Waals surface area contributed by atoms with E-state index in [1.54, 1.807) is 18.2 Å². The Morgan fingerprint density at radius 3 is 2.74 bits per heavy atom. The van der Waals surface area contributed by atoms with Crippen LogP contribution in [-0.2, 0) is 6.42 Å². The molecule has 0 aliphatic heterocycles. The highest BCUT2D eigenvalue weighted by Crippen LogP contribution is 2.36. The van der Waals surface area contributed by atoms with Crippen molar-refractivity contribution in [2.75, 3.05) is 0 Å². The summed E-state index contributed by atoms with van der Waals surface area (Å²) >= 11 is 0. The van der Waals surface area contributed by atoms with Crippen LogP contribution >= 0.6 is 0 Å². The Balaban J connectivity index is 1.92. The van der Waals surface area contributed by atoms with Gasteiger partial charge in [0, 0.05) is 17.5 Å². The molecule has 3 aromatic rings. The number of nitro groups is 1. The second kappa shape index (κ2) is 6.64. The van der Waals surface area contributed by atoms with Gasteiger partial charge in [-0.3, -0.25) is 10.1 Å². The van der Waals surface area contributed by atoms with E-state index in [-0.39, 0.29) is 5.69 Å². The van der Waals surface area contributed by atoms with Crippen molar-refractivity contribution in [2.45, 2.75) is 19.3 Å². The van der Waals surface area contributed by atoms with E-state index in [1.165, 1.54) is 12.1 Å². The molecule has 0 amide bonds. The molecule has 6 nitrogen and oxygen atoms in total. The number of aromatic nitrogens is 1. The van der Waals surface area contributed by atoms with Gasteiger partial charge in [-0.1, -0.05) is 30.3 Å². The van der Waals surface area contributed by atoms with Gasteiger partial charge in [-0.05, 0) is 48.1 Å². The van der Waals surface area contributed by atoms with E-state index in [0.29, 0.717) is 34.1 Å². The van der Waals surface area contributed by atoms with E-state index in [9.17, 15) is 20.0 Å². The Hall–Kier alpha value is -3.54. The lowest BCUT2D eigenvalue weighted by molar-refractivity contribution is -0.384. The first-order valence-electron chi connectivity index (χ1n) is 8.65. The van der Waals surface area contributed by atoms with Crippen LogP contribution in [0.1, 0.15) is 40.0 Å². The molecule has 0 bridgehead atoms. The predicted octanol–water partition coefficient (Wildman–Crippen LogP) is 4.72. The number of carboxylic acids is 1. The van der Waals surface area contributed by atoms with Crippen LogP contribution in [0.25, 0.3) is 22.6 Å². The molecule has 0 radical (unpaired) electrons. The Bertz CT molecular complexity index is 1120. The van der Waals surface area contributed by atoms with Crippen molar-refractivity contribution in [1.82, 2.24) is 4.98 Å². The number of fused-ring (bicyclic) bond motifs is 2. The summed E-state index contributed by atoms with van der Waals surface area (Å²) in [6.45, 7) is 0. The third-order valence-electron chi connectivity index (χ3n) is 4.81. The Morgan fingerprint density at radius 2 is 1.96 bits per heavy atom. The van der Waals surface area contributed by atoms with Gasteiger partial charge in [0.2, 0.25) is 0 Å². The average Bonchev–Trinajstić information content (AvgIpc) is 2.66. The van der Waals surface area contributed by atoms with Gasteiger partial charge in [0.25, 0.3) is 5.69 Å². The number of non-ortho nitro benzene ring substituents is 1. The summed E-state index contributed by atoms with van der Waals surface area (Å²) in [5, 5.41) is 21.4. The second-order valence-electron chi connectivity index (χ2n) is 6.51. The lowest BCUT2D eigenvalue weighted by Crippen LogP contribution is -2.13. The van der Waals surface area contributed by atoms with Crippen LogP contribution in [-0.4, -0.2) is 21.0 Å². The van der Waals surface area contributed by atoms with Gasteiger partial charge in [0.05, 0.1) is 21.7 Å². The average molecular weight is 360 g/mol. The van der Waals surface area contributed by atoms with E-state index in [0.717, 1.165) is 24.0 Å². The van der Waals surface area contributed by atoms with Crippen molar-refractivity contribution in [3.63, 3.8) is 0 Å². The van der Waals surface area contributed by atoms with Crippen molar-refractivity contribution in [2.24, 2.45) is 0 Å². The van der Waals surface area contributed by atoms with E-state index in [4.69, 9.17) is 4.98 Å². The molecule has 0 spiro atoms. The van der Waals surface area contributed by atoms with Gasteiger partial charge < -0.3 is 5.11 Å². The van der Waals surface area contributed by atoms with Crippen LogP contribution in [0.5, 0.6) is 0 Å². The molecule has 27 heavy (non-hydrogen) atoms. The van der Waals surface area contributed by atoms with Gasteiger partial charge in [-0.15, -0.1) is 0 Å². The van der Waals surface area contributed by atoms with E-state index in [2.05, 4.69) is 0 Å². The maximum Gasteiger partial charge on any atom is 0.336 e. The Labute approximate surface area is 154 Å². The Kier molecular flexibility index (Phi) is 4.16. The zero-order valence-electron chi connectivity index (χ0n) is 14.4. The summed E-state index contributed by atoms with van der Waals surface area (Å²) in [5.74, 6) is -0.957. The number of pyridine rings is 1. The molecular formula is C21H16N2O4. The smallest absolute Gasteiger partial charge is 0.336 e. The summed E-state index contributed by atoms with van der Waals surface area (Å²) in [6, 6.07) is 13.6. The third-order valence-corrected chi connectivity index (χ3v) is 4.81. The van der Waals surface area contributed by atoms with Crippen molar-refractivity contribution in [1.29, 1.82) is 0 Å². The van der Waals surface area contributed by atoms with Gasteiger partial charge in [0.15, 0.2) is 0 Å². The molecule has 1 heterocycles. The van der Waals surface area contributed by atoms with Gasteiger partial charge in [0.1, 0.15) is 0 Å². The largest absolute Gasteiger partial charge is 0.478 e. The van der Waals surface area contributed by atoms with Crippen LogP contribution < -0.4 is 0 Å². The van der Waals surface area contributed by atoms with Crippen LogP contribution in [0.3, 0.4) is 0 Å². The van der Waals surface area contributed by atoms with Crippen molar-refractivity contribution >= 4 is 34.2 Å². The van der Waals surface area contributed by atoms with E-state index >= 15 is 0 Å². The minimum absolute atomic E-state index is 0.0260. The number of rotatable bonds is 3. The highest BCUT2D eigenvalue weighted by molar-refractivity contribution is 6.05. The number of benzene rings is 2. The standard InChI is InChI=1S/C21H16N2O4/c24-21(25)19-16-8-1-2-10-18(16)22-20-14(6-4-9-17(19)20)11-13-5-3-7-15(12-13)23(26)27/h1-3,5,7-8,10-12H,4,6,9H2,(H,24,25). The first-order chi connectivity index (χ1) is 13.0. The minimum atomic E-state index is -0.957. The molecule has 1 aromatic heterocycles. The lowest BCUT2D eigenvalue weighted by atomic mass is 9.86. The summed E-state index contributed by atoms with van der Waals surface area (Å²) < 4.78 is 0. The summed E-state index contributed by atoms with van der Waals surface area (Å²) in [4.78, 5) is 27.3. The van der Waals surface area contributed by atoms with Crippen LogP contribution in [0.4, 0.5) is 5.69 Å². The van der Waals surface area contributed by atoms with Crippen LogP contribution in [0.15, 0.2) is 48.5 Å². The number of aromatic carboxylic acids is 1. The second-order valence-corrected chi connectivity index (χ2v) is 6.51. The van der Waals surface area contributed by atoms with Crippen molar-refractivity contribution < 1.29 is 14.8 Å². The fourth-order valence-corrected chi connectivity index (χ4v) is 3.65. The third kappa shape index (κ3) is 3.06. The molecule has 0 atom stereocenters. The summed E-state index contributed by atoms with van der Waals surface area (Å²) in [7, 11) is 0. The SMILES string of the molecule is O=C(O)c1c2c(nc3ccccc13)C(=Cc1cccc([N+](=O)[O-])c1)CCC2. The number of hydrogen-bond donors (Lipinski definition) is 1. The van der Waals surface area contributed by atoms with Crippen LogP contribution in [0, 0.1) is 10.1 Å². The number of nitrogens with zero attached hydrogens (tertiary/aromatic N) is 2. The predicted molar refractivity (Wildman–Crippen MR) is 103 cm³/mol. The highest BCUT2D eigenvalue weighted by atomic mass is 16.6. The lowest BCUT2D eigenvalue weighted by Gasteiger charge is -2.21. The molecule has 2 aromatic carbocycles. The van der Waals surface area contributed by atoms with Crippen molar-refractivity contribution in [3.05, 3.63) is 81.0 Å². The number of carboxylic acid groups (broad SMARTS) is 1. The van der Waals surface area contributed by atoms with E-state index < -0.39 is 10.9 Å². The fourth-order valence-electron chi connectivity index (χ4n) is 3.65. The maximum absolute atomic E-state index is 11.9. The molecule has 0 saturated carbocycles. The molecule has 1 N–H and O–H groups in total. The topological polar surface area (TPSA) is 93.3 Å². The normalized spacial score (nSPS) is 14.9.